The van der Waals surface area contributed by atoms with Crippen LogP contribution in [0.4, 0.5) is 0 Å². The maximum atomic E-state index is 12.3. The van der Waals surface area contributed by atoms with E-state index in [1.54, 1.807) is 12.1 Å². The zero-order valence-electron chi connectivity index (χ0n) is 14.4. The number of Topliss-reactive ketones (excluding diaryl/α,β-unsaturated/α-hetero) is 1. The van der Waals surface area contributed by atoms with Gasteiger partial charge >= 0.3 is 0 Å². The van der Waals surface area contributed by atoms with E-state index in [4.69, 9.17) is 4.74 Å². The minimum absolute atomic E-state index is 0.0393. The van der Waals surface area contributed by atoms with E-state index >= 15 is 0 Å². The highest BCUT2D eigenvalue weighted by Crippen LogP contribution is 2.29. The summed E-state index contributed by atoms with van der Waals surface area (Å²) in [5, 5.41) is 7.66. The van der Waals surface area contributed by atoms with Gasteiger partial charge in [-0.05, 0) is 38.1 Å². The second-order valence-electron chi connectivity index (χ2n) is 5.85. The number of nitrogens with zero attached hydrogens (tertiary/aromatic N) is 2. The van der Waals surface area contributed by atoms with E-state index < -0.39 is 0 Å². The maximum Gasteiger partial charge on any atom is 0.209 e. The lowest BCUT2D eigenvalue weighted by Crippen LogP contribution is -2.06. The van der Waals surface area contributed by atoms with Crippen LogP contribution < -0.4 is 4.74 Å². The molecule has 2 aromatic carbocycles. The van der Waals surface area contributed by atoms with Crippen molar-refractivity contribution in [1.82, 2.24) is 15.2 Å². The molecule has 0 atom stereocenters. The Morgan fingerprint density at radius 3 is 2.65 bits per heavy atom. The van der Waals surface area contributed by atoms with Gasteiger partial charge in [-0.25, -0.2) is 4.98 Å². The first kappa shape index (κ1) is 18.7. The zero-order chi connectivity index (χ0) is 18.5. The van der Waals surface area contributed by atoms with Crippen LogP contribution in [0.25, 0.3) is 11.4 Å². The van der Waals surface area contributed by atoms with Crippen LogP contribution in [0.15, 0.2) is 58.2 Å². The summed E-state index contributed by atoms with van der Waals surface area (Å²) in [5.41, 5.74) is 1.52. The molecule has 1 heterocycles. The van der Waals surface area contributed by atoms with E-state index in [2.05, 4.69) is 31.1 Å². The fourth-order valence-corrected chi connectivity index (χ4v) is 3.26. The Hall–Kier alpha value is -2.12. The smallest absolute Gasteiger partial charge is 0.209 e. The molecule has 0 aliphatic carbocycles. The molecule has 0 aliphatic heterocycles. The molecule has 0 bridgehead atoms. The molecule has 5 nitrogen and oxygen atoms in total. The quantitative estimate of drug-likeness (QED) is 0.421. The van der Waals surface area contributed by atoms with E-state index in [1.807, 2.05) is 50.2 Å². The predicted octanol–water partition coefficient (Wildman–Crippen LogP) is 5.00. The molecule has 0 amide bonds. The van der Waals surface area contributed by atoms with E-state index in [-0.39, 0.29) is 17.6 Å². The van der Waals surface area contributed by atoms with Crippen molar-refractivity contribution in [2.45, 2.75) is 25.1 Å². The van der Waals surface area contributed by atoms with Gasteiger partial charge in [0, 0.05) is 10.0 Å². The minimum Gasteiger partial charge on any atom is -0.490 e. The standard InChI is InChI=1S/C19H18BrN3O2S/c1-12(2)25-17-6-4-3-5-15(17)18-21-19(23-22-18)26-11-16(24)13-7-9-14(20)10-8-13/h3-10,12H,11H2,1-2H3,(H,21,22,23). The normalized spacial score (nSPS) is 10.9. The molecule has 134 valence electrons. The summed E-state index contributed by atoms with van der Waals surface area (Å²) in [6.45, 7) is 3.96. The number of hydrogen-bond donors (Lipinski definition) is 1. The van der Waals surface area contributed by atoms with Crippen molar-refractivity contribution in [3.63, 3.8) is 0 Å². The third-order valence-electron chi connectivity index (χ3n) is 3.47. The molecule has 7 heteroatoms. The number of ether oxygens (including phenoxy) is 1. The molecule has 3 aromatic rings. The molecule has 0 fully saturated rings. The van der Waals surface area contributed by atoms with Gasteiger partial charge in [0.25, 0.3) is 0 Å². The molecular formula is C19H18BrN3O2S. The summed E-state index contributed by atoms with van der Waals surface area (Å²) in [6, 6.07) is 15.0. The molecule has 1 N–H and O–H groups in total. The maximum absolute atomic E-state index is 12.3. The largest absolute Gasteiger partial charge is 0.490 e. The van der Waals surface area contributed by atoms with Crippen LogP contribution in [0, 0.1) is 0 Å². The lowest BCUT2D eigenvalue weighted by atomic mass is 10.2. The number of hydrogen-bond acceptors (Lipinski definition) is 5. The van der Waals surface area contributed by atoms with Crippen molar-refractivity contribution in [2.75, 3.05) is 5.75 Å². The number of rotatable bonds is 7. The summed E-state index contributed by atoms with van der Waals surface area (Å²) in [5.74, 6) is 1.70. The number of carbonyl (C=O) groups is 1. The van der Waals surface area contributed by atoms with Gasteiger partial charge in [-0.2, -0.15) is 0 Å². The van der Waals surface area contributed by atoms with E-state index in [1.165, 1.54) is 11.8 Å². The highest BCUT2D eigenvalue weighted by atomic mass is 79.9. The molecule has 0 aliphatic rings. The molecule has 1 aromatic heterocycles. The van der Waals surface area contributed by atoms with Crippen LogP contribution in [-0.2, 0) is 0 Å². The van der Waals surface area contributed by atoms with E-state index in [0.717, 1.165) is 15.8 Å². The van der Waals surface area contributed by atoms with Crippen LogP contribution in [0.2, 0.25) is 0 Å². The Morgan fingerprint density at radius 1 is 1.19 bits per heavy atom. The number of benzene rings is 2. The van der Waals surface area contributed by atoms with Gasteiger partial charge in [0.15, 0.2) is 11.6 Å². The Balaban J connectivity index is 1.69. The van der Waals surface area contributed by atoms with Crippen LogP contribution in [0.5, 0.6) is 5.75 Å². The monoisotopic (exact) mass is 431 g/mol. The van der Waals surface area contributed by atoms with Crippen molar-refractivity contribution < 1.29 is 9.53 Å². The number of para-hydroxylation sites is 1. The van der Waals surface area contributed by atoms with Crippen LogP contribution in [0.3, 0.4) is 0 Å². The van der Waals surface area contributed by atoms with Crippen molar-refractivity contribution >= 4 is 33.5 Å². The highest BCUT2D eigenvalue weighted by molar-refractivity contribution is 9.10. The summed E-state index contributed by atoms with van der Waals surface area (Å²) in [4.78, 5) is 16.7. The van der Waals surface area contributed by atoms with Crippen molar-refractivity contribution in [2.24, 2.45) is 0 Å². The molecular weight excluding hydrogens is 414 g/mol. The average molecular weight is 432 g/mol. The second kappa shape index (κ2) is 8.51. The Kier molecular flexibility index (Phi) is 6.11. The topological polar surface area (TPSA) is 67.9 Å². The fourth-order valence-electron chi connectivity index (χ4n) is 2.30. The third-order valence-corrected chi connectivity index (χ3v) is 4.84. The van der Waals surface area contributed by atoms with Crippen molar-refractivity contribution in [3.8, 4) is 17.1 Å². The van der Waals surface area contributed by atoms with Gasteiger partial charge < -0.3 is 4.74 Å². The number of H-pyrrole nitrogens is 1. The zero-order valence-corrected chi connectivity index (χ0v) is 16.8. The van der Waals surface area contributed by atoms with Gasteiger partial charge in [0.1, 0.15) is 5.75 Å². The van der Waals surface area contributed by atoms with Gasteiger partial charge in [-0.15, -0.1) is 5.10 Å². The molecule has 0 unspecified atom stereocenters. The summed E-state index contributed by atoms with van der Waals surface area (Å²) < 4.78 is 6.77. The predicted molar refractivity (Wildman–Crippen MR) is 107 cm³/mol. The average Bonchev–Trinajstić information content (AvgIpc) is 3.09. The highest BCUT2D eigenvalue weighted by Gasteiger charge is 2.14. The Morgan fingerprint density at radius 2 is 1.92 bits per heavy atom. The van der Waals surface area contributed by atoms with Crippen LogP contribution in [0.1, 0.15) is 24.2 Å². The first-order valence-electron chi connectivity index (χ1n) is 8.13. The third kappa shape index (κ3) is 4.74. The first-order valence-corrected chi connectivity index (χ1v) is 9.91. The second-order valence-corrected chi connectivity index (χ2v) is 7.71. The number of halogens is 1. The van der Waals surface area contributed by atoms with E-state index in [9.17, 15) is 4.79 Å². The SMILES string of the molecule is CC(C)Oc1ccccc1-c1nc(SCC(=O)c2ccc(Br)cc2)n[nH]1. The van der Waals surface area contributed by atoms with Gasteiger partial charge in [0.2, 0.25) is 5.16 Å². The molecule has 3 rings (SSSR count). The van der Waals surface area contributed by atoms with Crippen molar-refractivity contribution in [3.05, 3.63) is 58.6 Å². The van der Waals surface area contributed by atoms with Crippen LogP contribution in [-0.4, -0.2) is 32.8 Å². The number of aromatic amines is 1. The lowest BCUT2D eigenvalue weighted by Gasteiger charge is -2.12. The Labute approximate surface area is 164 Å². The van der Waals surface area contributed by atoms with E-state index in [0.29, 0.717) is 16.5 Å². The number of thioether (sulfide) groups is 1. The summed E-state index contributed by atoms with van der Waals surface area (Å²) in [6.07, 6.45) is 0.0662. The number of nitrogens with one attached hydrogen (secondary N) is 1. The molecule has 0 radical (unpaired) electrons. The van der Waals surface area contributed by atoms with Gasteiger partial charge in [-0.1, -0.05) is 52.0 Å². The van der Waals surface area contributed by atoms with Crippen molar-refractivity contribution in [1.29, 1.82) is 0 Å². The van der Waals surface area contributed by atoms with Crippen LogP contribution >= 0.6 is 27.7 Å². The molecule has 26 heavy (non-hydrogen) atoms. The molecule has 0 spiro atoms. The summed E-state index contributed by atoms with van der Waals surface area (Å²) >= 11 is 4.67. The number of ketones is 1. The van der Waals surface area contributed by atoms with Gasteiger partial charge in [-0.3, -0.25) is 9.89 Å². The van der Waals surface area contributed by atoms with Gasteiger partial charge in [0.05, 0.1) is 17.4 Å². The number of carbonyl (C=O) groups excluding carboxylic acids is 1. The minimum atomic E-state index is 0.0393. The number of aromatic nitrogens is 3. The first-order chi connectivity index (χ1) is 12.5. The lowest BCUT2D eigenvalue weighted by molar-refractivity contribution is 0.102. The Bertz CT molecular complexity index is 894. The fraction of sp³-hybridized carbons (Fsp3) is 0.211. The molecule has 0 saturated heterocycles. The molecule has 0 saturated carbocycles. The summed E-state index contributed by atoms with van der Waals surface area (Å²) in [7, 11) is 0.